The van der Waals surface area contributed by atoms with Gasteiger partial charge in [0.1, 0.15) is 23.5 Å². The van der Waals surface area contributed by atoms with E-state index in [0.29, 0.717) is 45.1 Å². The Balaban J connectivity index is 1.78. The summed E-state index contributed by atoms with van der Waals surface area (Å²) in [6, 6.07) is 14.5. The molecule has 0 aromatic heterocycles. The number of hydrogen-bond donors (Lipinski definition) is 7. The summed E-state index contributed by atoms with van der Waals surface area (Å²) in [5.74, 6) is -1.21. The number of rotatable bonds is 19. The third kappa shape index (κ3) is 15.5. The second kappa shape index (κ2) is 20.1. The van der Waals surface area contributed by atoms with Crippen molar-refractivity contribution in [1.82, 2.24) is 26.6 Å². The zero-order valence-corrected chi connectivity index (χ0v) is 34.2. The van der Waals surface area contributed by atoms with Gasteiger partial charge in [-0.1, -0.05) is 68.4 Å². The molecule has 0 aliphatic heterocycles. The zero-order valence-electron chi connectivity index (χ0n) is 34.2. The number of carboxylic acid groups (broad SMARTS) is 1. The number of nitrogens with one attached hydrogen (secondary N) is 5. The van der Waals surface area contributed by atoms with Gasteiger partial charge >= 0.3 is 18.2 Å². The summed E-state index contributed by atoms with van der Waals surface area (Å²) in [5, 5.41) is 37.4. The van der Waals surface area contributed by atoms with E-state index in [4.69, 9.17) is 9.47 Å². The van der Waals surface area contributed by atoms with Crippen LogP contribution in [0.5, 0.6) is 0 Å². The van der Waals surface area contributed by atoms with Crippen LogP contribution in [0.4, 0.5) is 9.59 Å². The van der Waals surface area contributed by atoms with Gasteiger partial charge < -0.3 is 35.6 Å². The van der Waals surface area contributed by atoms with E-state index in [0.717, 1.165) is 16.7 Å². The molecular formula is C42H65N5O8. The largest absolute Gasteiger partial charge is 0.480 e. The first-order chi connectivity index (χ1) is 25.7. The lowest BCUT2D eigenvalue weighted by atomic mass is 9.91. The first-order valence-electron chi connectivity index (χ1n) is 19.5. The van der Waals surface area contributed by atoms with Crippen LogP contribution in [0.1, 0.15) is 105 Å². The number of fused-ring (bicyclic) bond motifs is 1. The number of amides is 3. The second-order valence-electron chi connectivity index (χ2n) is 17.2. The average Bonchev–Trinajstić information content (AvgIpc) is 3.44. The fraction of sp³-hybridized carbons (Fsp3) is 0.619. The van der Waals surface area contributed by atoms with Crippen LogP contribution >= 0.6 is 0 Å². The number of carboxylic acids is 1. The fourth-order valence-electron chi connectivity index (χ4n) is 6.80. The Labute approximate surface area is 327 Å². The molecule has 13 nitrogen and oxygen atoms in total. The highest BCUT2D eigenvalue weighted by Crippen LogP contribution is 2.33. The minimum atomic E-state index is -1.35. The zero-order chi connectivity index (χ0) is 41.0. The Morgan fingerprint density at radius 1 is 0.782 bits per heavy atom. The van der Waals surface area contributed by atoms with Crippen molar-refractivity contribution < 1.29 is 38.9 Å². The molecule has 0 fully saturated rings. The molecule has 0 saturated carbocycles. The van der Waals surface area contributed by atoms with E-state index in [-0.39, 0.29) is 18.2 Å². The maximum Gasteiger partial charge on any atom is 0.408 e. The minimum Gasteiger partial charge on any atom is -0.480 e. The molecule has 55 heavy (non-hydrogen) atoms. The maximum absolute atomic E-state index is 14.3. The molecule has 1 aliphatic carbocycles. The van der Waals surface area contributed by atoms with E-state index >= 15 is 0 Å². The molecule has 0 radical (unpaired) electrons. The first kappa shape index (κ1) is 45.2. The van der Waals surface area contributed by atoms with Crippen molar-refractivity contribution in [2.75, 3.05) is 6.54 Å². The van der Waals surface area contributed by atoms with Crippen LogP contribution in [0.3, 0.4) is 0 Å². The number of hydrogen-bond acceptors (Lipinski definition) is 9. The highest BCUT2D eigenvalue weighted by Gasteiger charge is 2.46. The number of aliphatic hydroxyl groups excluding tert-OH is 1. The summed E-state index contributed by atoms with van der Waals surface area (Å²) in [7, 11) is 0. The number of ether oxygens (including phenoxy) is 2. The molecule has 13 heteroatoms. The second-order valence-corrected chi connectivity index (χ2v) is 17.2. The van der Waals surface area contributed by atoms with E-state index in [1.165, 1.54) is 0 Å². The van der Waals surface area contributed by atoms with Gasteiger partial charge in [0.2, 0.25) is 5.91 Å². The van der Waals surface area contributed by atoms with E-state index in [2.05, 4.69) is 26.6 Å². The molecule has 3 rings (SSSR count). The molecular weight excluding hydrogens is 702 g/mol. The molecule has 0 saturated heterocycles. The fourth-order valence-corrected chi connectivity index (χ4v) is 6.80. The van der Waals surface area contributed by atoms with Crippen molar-refractivity contribution in [3.8, 4) is 0 Å². The van der Waals surface area contributed by atoms with Gasteiger partial charge in [-0.3, -0.25) is 20.2 Å². The topological polar surface area (TPSA) is 187 Å². The highest BCUT2D eigenvalue weighted by atomic mass is 16.6. The lowest BCUT2D eigenvalue weighted by Gasteiger charge is -2.38. The van der Waals surface area contributed by atoms with Crippen molar-refractivity contribution in [2.24, 2.45) is 5.92 Å². The Morgan fingerprint density at radius 3 is 1.89 bits per heavy atom. The molecule has 5 atom stereocenters. The van der Waals surface area contributed by atoms with E-state index < -0.39 is 65.3 Å². The molecule has 2 aromatic rings. The molecule has 3 amide bonds. The molecule has 7 N–H and O–H groups in total. The Morgan fingerprint density at radius 2 is 1.35 bits per heavy atom. The quantitative estimate of drug-likeness (QED) is 0.0738. The summed E-state index contributed by atoms with van der Waals surface area (Å²) in [5.41, 5.74) is 0.247. The predicted molar refractivity (Wildman–Crippen MR) is 213 cm³/mol. The van der Waals surface area contributed by atoms with Crippen LogP contribution in [-0.2, 0) is 38.3 Å². The summed E-state index contributed by atoms with van der Waals surface area (Å²) in [6.45, 7) is 16.9. The maximum atomic E-state index is 14.3. The Bertz CT molecular complexity index is 1530. The number of benzene rings is 2. The number of aliphatic hydroxyl groups is 1. The van der Waals surface area contributed by atoms with Gasteiger partial charge in [-0.2, -0.15) is 0 Å². The van der Waals surface area contributed by atoms with Crippen molar-refractivity contribution in [3.05, 3.63) is 71.3 Å². The molecule has 0 spiro atoms. The van der Waals surface area contributed by atoms with E-state index in [1.807, 2.05) is 75.4 Å². The Kier molecular flexibility index (Phi) is 16.5. The molecule has 2 aromatic carbocycles. The summed E-state index contributed by atoms with van der Waals surface area (Å²) in [6.07, 6.45) is 0.321. The van der Waals surface area contributed by atoms with Gasteiger partial charge in [-0.15, -0.1) is 0 Å². The minimum absolute atomic E-state index is 0.168. The van der Waals surface area contributed by atoms with Gasteiger partial charge in [0.25, 0.3) is 0 Å². The van der Waals surface area contributed by atoms with Gasteiger partial charge in [-0.25, -0.2) is 9.59 Å². The smallest absolute Gasteiger partial charge is 0.408 e. The highest BCUT2D eigenvalue weighted by molar-refractivity contribution is 5.82. The van der Waals surface area contributed by atoms with Gasteiger partial charge in [0, 0.05) is 31.5 Å². The number of aliphatic carboxylic acids is 1. The molecule has 306 valence electrons. The SMILES string of the molecule is CC(C)C[C@@H](NC(=O)[C@@H](Cc1ccccc1)NC(O)C1(NC(=O)OC(C)(C)C)Cc2ccccc2C1)C(C)N[C@H](CCCCNC(=O)OC(C)(C)C)C(=O)O. The first-order valence-corrected chi connectivity index (χ1v) is 19.5. The number of alkyl carbamates (subject to hydrolysis) is 2. The Hall–Kier alpha value is -4.20. The lowest BCUT2D eigenvalue weighted by Crippen LogP contribution is -2.66. The van der Waals surface area contributed by atoms with Crippen LogP contribution in [0.15, 0.2) is 54.6 Å². The van der Waals surface area contributed by atoms with Crippen LogP contribution in [0, 0.1) is 5.92 Å². The van der Waals surface area contributed by atoms with E-state index in [9.17, 15) is 29.4 Å². The van der Waals surface area contributed by atoms with Crippen LogP contribution in [-0.4, -0.2) is 88.0 Å². The third-order valence-electron chi connectivity index (χ3n) is 9.37. The number of carbonyl (C=O) groups is 4. The van der Waals surface area contributed by atoms with Crippen molar-refractivity contribution in [2.45, 2.75) is 154 Å². The summed E-state index contributed by atoms with van der Waals surface area (Å²) in [4.78, 5) is 51.9. The van der Waals surface area contributed by atoms with Crippen LogP contribution < -0.4 is 26.6 Å². The number of unbranched alkanes of at least 4 members (excludes halogenated alkanes) is 1. The van der Waals surface area contributed by atoms with Crippen molar-refractivity contribution in [3.63, 3.8) is 0 Å². The lowest BCUT2D eigenvalue weighted by molar-refractivity contribution is -0.140. The van der Waals surface area contributed by atoms with E-state index in [1.54, 1.807) is 41.5 Å². The van der Waals surface area contributed by atoms with Gasteiger partial charge in [0.15, 0.2) is 0 Å². The van der Waals surface area contributed by atoms with Crippen LogP contribution in [0.25, 0.3) is 0 Å². The summed E-state index contributed by atoms with van der Waals surface area (Å²) < 4.78 is 10.9. The monoisotopic (exact) mass is 767 g/mol. The number of carbonyl (C=O) groups excluding carboxylic acids is 3. The molecule has 2 unspecified atom stereocenters. The molecule has 0 bridgehead atoms. The molecule has 0 heterocycles. The third-order valence-corrected chi connectivity index (χ3v) is 9.37. The van der Waals surface area contributed by atoms with Gasteiger partial charge in [0.05, 0.1) is 11.6 Å². The average molecular weight is 768 g/mol. The van der Waals surface area contributed by atoms with Crippen molar-refractivity contribution >= 4 is 24.1 Å². The normalized spacial score (nSPS) is 16.6. The standard InChI is InChI=1S/C42H65N5O8/c1-27(2)23-33(28(3)44-32(36(49)50)21-15-16-22-43-38(52)54-40(4,5)6)45-35(48)34(24-29-17-11-10-12-18-29)46-37(51)42(47-39(53)55-41(7,8)9)25-30-19-13-14-20-31(30)26-42/h10-14,17-20,27-28,32-34,37,44,46,51H,15-16,21-26H2,1-9H3,(H,43,52)(H,45,48)(H,47,53)(H,49,50)/t28?,32-,33-,34-,37?/m1/s1. The van der Waals surface area contributed by atoms with Crippen molar-refractivity contribution in [1.29, 1.82) is 0 Å². The summed E-state index contributed by atoms with van der Waals surface area (Å²) >= 11 is 0. The van der Waals surface area contributed by atoms with Gasteiger partial charge in [-0.05, 0) is 103 Å². The predicted octanol–water partition coefficient (Wildman–Crippen LogP) is 5.23. The van der Waals surface area contributed by atoms with Crippen LogP contribution in [0.2, 0.25) is 0 Å². The molecule has 1 aliphatic rings.